The van der Waals surface area contributed by atoms with E-state index in [1.165, 1.54) is 6.08 Å². The second kappa shape index (κ2) is 11.7. The zero-order valence-corrected chi connectivity index (χ0v) is 18.7. The fraction of sp³-hybridized carbons (Fsp3) is 0.103. The number of ether oxygens (including phenoxy) is 4. The quantitative estimate of drug-likeness (QED) is 0.193. The van der Waals surface area contributed by atoms with Crippen molar-refractivity contribution in [2.45, 2.75) is 12.7 Å². The number of aliphatic hydroxyl groups is 1. The molecule has 5 heteroatoms. The lowest BCUT2D eigenvalue weighted by molar-refractivity contribution is -0.0625. The van der Waals surface area contributed by atoms with Crippen molar-refractivity contribution in [3.05, 3.63) is 121 Å². The fourth-order valence-corrected chi connectivity index (χ4v) is 3.16. The molecule has 0 radical (unpaired) electrons. The predicted molar refractivity (Wildman–Crippen MR) is 132 cm³/mol. The zero-order chi connectivity index (χ0) is 23.6. The minimum atomic E-state index is -0.933. The van der Waals surface area contributed by atoms with Crippen LogP contribution >= 0.6 is 0 Å². The third-order valence-electron chi connectivity index (χ3n) is 4.88. The summed E-state index contributed by atoms with van der Waals surface area (Å²) >= 11 is 0. The van der Waals surface area contributed by atoms with E-state index in [9.17, 15) is 5.11 Å². The second-order valence-electron chi connectivity index (χ2n) is 7.46. The highest BCUT2D eigenvalue weighted by molar-refractivity contribution is 5.41. The van der Waals surface area contributed by atoms with Crippen LogP contribution in [-0.2, 0) is 11.2 Å². The largest absolute Gasteiger partial charge is 0.457 e. The fourth-order valence-electron chi connectivity index (χ4n) is 3.16. The van der Waals surface area contributed by atoms with E-state index in [-0.39, 0.29) is 0 Å². The van der Waals surface area contributed by atoms with Gasteiger partial charge in [0.25, 0.3) is 0 Å². The Morgan fingerprint density at radius 2 is 1.09 bits per heavy atom. The Hall–Kier alpha value is -4.06. The molecule has 0 heterocycles. The molecule has 0 fully saturated rings. The van der Waals surface area contributed by atoms with E-state index in [4.69, 9.17) is 18.9 Å². The van der Waals surface area contributed by atoms with Crippen molar-refractivity contribution in [1.82, 2.24) is 0 Å². The lowest BCUT2D eigenvalue weighted by Gasteiger charge is -2.11. The maximum Gasteiger partial charge on any atom is 0.173 e. The highest BCUT2D eigenvalue weighted by Crippen LogP contribution is 2.30. The average Bonchev–Trinajstić information content (AvgIpc) is 2.87. The molecule has 4 aromatic carbocycles. The Bertz CT molecular complexity index is 1170. The molecule has 1 atom stereocenters. The Labute approximate surface area is 199 Å². The van der Waals surface area contributed by atoms with Crippen molar-refractivity contribution in [1.29, 1.82) is 0 Å². The summed E-state index contributed by atoms with van der Waals surface area (Å²) in [6.07, 6.45) is 1.10. The first-order chi connectivity index (χ1) is 16.7. The van der Waals surface area contributed by atoms with Crippen LogP contribution in [-0.4, -0.2) is 18.0 Å². The van der Waals surface area contributed by atoms with Crippen LogP contribution in [0.15, 0.2) is 116 Å². The molecule has 0 saturated carbocycles. The van der Waals surface area contributed by atoms with Gasteiger partial charge in [0.2, 0.25) is 0 Å². The number of benzene rings is 4. The maximum absolute atomic E-state index is 9.35. The number of rotatable bonds is 11. The minimum Gasteiger partial charge on any atom is -0.457 e. The van der Waals surface area contributed by atoms with E-state index in [2.05, 4.69) is 6.58 Å². The van der Waals surface area contributed by atoms with Crippen LogP contribution in [0, 0.1) is 0 Å². The Morgan fingerprint density at radius 3 is 1.65 bits per heavy atom. The first-order valence-corrected chi connectivity index (χ1v) is 11.0. The van der Waals surface area contributed by atoms with Gasteiger partial charge < -0.3 is 24.1 Å². The molecule has 1 unspecified atom stereocenters. The van der Waals surface area contributed by atoms with Crippen LogP contribution in [0.2, 0.25) is 0 Å². The summed E-state index contributed by atoms with van der Waals surface area (Å²) in [6, 6.07) is 32.3. The van der Waals surface area contributed by atoms with E-state index < -0.39 is 6.29 Å². The molecule has 0 aliphatic carbocycles. The molecule has 4 rings (SSSR count). The number of hydrogen-bond donors (Lipinski definition) is 1. The van der Waals surface area contributed by atoms with Crippen molar-refractivity contribution in [2.75, 3.05) is 6.61 Å². The normalized spacial score (nSPS) is 11.4. The van der Waals surface area contributed by atoms with Crippen LogP contribution in [0.5, 0.6) is 34.5 Å². The third-order valence-corrected chi connectivity index (χ3v) is 4.88. The summed E-state index contributed by atoms with van der Waals surface area (Å²) in [6.45, 7) is 3.89. The van der Waals surface area contributed by atoms with Gasteiger partial charge in [0.05, 0.1) is 6.61 Å². The van der Waals surface area contributed by atoms with Gasteiger partial charge in [-0.3, -0.25) is 0 Å². The number of aliphatic hydroxyl groups excluding tert-OH is 1. The highest BCUT2D eigenvalue weighted by Gasteiger charge is 2.04. The van der Waals surface area contributed by atoms with Gasteiger partial charge in [-0.2, -0.15) is 0 Å². The second-order valence-corrected chi connectivity index (χ2v) is 7.46. The lowest BCUT2D eigenvalue weighted by atomic mass is 10.1. The Morgan fingerprint density at radius 1 is 0.618 bits per heavy atom. The average molecular weight is 455 g/mol. The monoisotopic (exact) mass is 454 g/mol. The van der Waals surface area contributed by atoms with Crippen LogP contribution in [0.4, 0.5) is 0 Å². The molecule has 0 amide bonds. The van der Waals surface area contributed by atoms with Gasteiger partial charge in [-0.15, -0.1) is 0 Å². The van der Waals surface area contributed by atoms with Crippen LogP contribution in [0.3, 0.4) is 0 Å². The smallest absolute Gasteiger partial charge is 0.173 e. The lowest BCUT2D eigenvalue weighted by Crippen LogP contribution is -2.10. The van der Waals surface area contributed by atoms with Crippen molar-refractivity contribution < 1.29 is 24.1 Å². The standard InChI is InChI=1S/C29H26O5/c1-2-29(30)31-20-19-22-11-13-24(14-12-22)33-27-9-6-10-28(21-27)34-26-17-15-25(16-18-26)32-23-7-4-3-5-8-23/h2-18,21,29-30H,1,19-20H2. The van der Waals surface area contributed by atoms with Crippen molar-refractivity contribution in [3.8, 4) is 34.5 Å². The summed E-state index contributed by atoms with van der Waals surface area (Å²) in [5.74, 6) is 4.29. The molecule has 0 aromatic heterocycles. The van der Waals surface area contributed by atoms with Crippen LogP contribution in [0.1, 0.15) is 5.56 Å². The minimum absolute atomic E-state index is 0.409. The molecule has 0 aliphatic rings. The molecular formula is C29H26O5. The van der Waals surface area contributed by atoms with E-state index >= 15 is 0 Å². The molecular weight excluding hydrogens is 428 g/mol. The number of hydrogen-bond acceptors (Lipinski definition) is 5. The van der Waals surface area contributed by atoms with E-state index in [1.807, 2.05) is 103 Å². The molecule has 34 heavy (non-hydrogen) atoms. The topological polar surface area (TPSA) is 57.2 Å². The third kappa shape index (κ3) is 6.97. The first kappa shape index (κ1) is 23.1. The molecule has 0 bridgehead atoms. The maximum atomic E-state index is 9.35. The summed E-state index contributed by atoms with van der Waals surface area (Å²) in [7, 11) is 0. The summed E-state index contributed by atoms with van der Waals surface area (Å²) in [5.41, 5.74) is 1.08. The van der Waals surface area contributed by atoms with Gasteiger partial charge in [-0.1, -0.05) is 43.0 Å². The summed E-state index contributed by atoms with van der Waals surface area (Å²) < 4.78 is 23.0. The molecule has 4 aromatic rings. The van der Waals surface area contributed by atoms with E-state index in [0.29, 0.717) is 30.3 Å². The SMILES string of the molecule is C=CC(O)OCCc1ccc(Oc2cccc(Oc3ccc(Oc4ccccc4)cc3)c2)cc1. The van der Waals surface area contributed by atoms with Gasteiger partial charge in [-0.05, 0) is 78.7 Å². The van der Waals surface area contributed by atoms with Gasteiger partial charge in [0.1, 0.15) is 34.5 Å². The Kier molecular flexibility index (Phi) is 7.95. The highest BCUT2D eigenvalue weighted by atomic mass is 16.6. The van der Waals surface area contributed by atoms with E-state index in [0.717, 1.165) is 22.8 Å². The van der Waals surface area contributed by atoms with Gasteiger partial charge in [-0.25, -0.2) is 0 Å². The predicted octanol–water partition coefficient (Wildman–Crippen LogP) is 7.13. The van der Waals surface area contributed by atoms with Gasteiger partial charge >= 0.3 is 0 Å². The molecule has 0 aliphatic heterocycles. The number of para-hydroxylation sites is 1. The van der Waals surface area contributed by atoms with Gasteiger partial charge in [0, 0.05) is 6.07 Å². The van der Waals surface area contributed by atoms with Crippen LogP contribution < -0.4 is 14.2 Å². The molecule has 0 saturated heterocycles. The van der Waals surface area contributed by atoms with Crippen molar-refractivity contribution in [2.24, 2.45) is 0 Å². The van der Waals surface area contributed by atoms with Crippen molar-refractivity contribution >= 4 is 0 Å². The molecule has 0 spiro atoms. The molecule has 5 nitrogen and oxygen atoms in total. The Balaban J connectivity index is 1.32. The van der Waals surface area contributed by atoms with Gasteiger partial charge in [0.15, 0.2) is 6.29 Å². The zero-order valence-electron chi connectivity index (χ0n) is 18.7. The molecule has 172 valence electrons. The van der Waals surface area contributed by atoms with Crippen LogP contribution in [0.25, 0.3) is 0 Å². The van der Waals surface area contributed by atoms with E-state index in [1.54, 1.807) is 0 Å². The first-order valence-electron chi connectivity index (χ1n) is 11.0. The van der Waals surface area contributed by atoms with Crippen molar-refractivity contribution in [3.63, 3.8) is 0 Å². The molecule has 1 N–H and O–H groups in total. The summed E-state index contributed by atoms with van der Waals surface area (Å²) in [4.78, 5) is 0. The summed E-state index contributed by atoms with van der Waals surface area (Å²) in [5, 5.41) is 9.35.